The molecule has 0 aliphatic carbocycles. The Hall–Kier alpha value is -2.66. The quantitative estimate of drug-likeness (QED) is 0.256. The highest BCUT2D eigenvalue weighted by Crippen LogP contribution is 2.39. The molecule has 1 saturated heterocycles. The second-order valence-electron chi connectivity index (χ2n) is 10.7. The lowest BCUT2D eigenvalue weighted by atomic mass is 10.2. The van der Waals surface area contributed by atoms with E-state index in [1.54, 1.807) is 46.8 Å². The standard InChI is InChI=1S/C28H32Cl2FN3O5S/c1-7-10-36-22-9-8-16(11-20(22)30)24-32-33-25(40-24)18-12-21(31)23(13-19(18)29)37-14-17-15-38-28(5,6)34(17)26(35)39-27(2,3)4/h8-9,11-13,17H,7,10,14-15H2,1-6H3. The van der Waals surface area contributed by atoms with Crippen LogP contribution in [-0.4, -0.2) is 58.4 Å². The zero-order valence-electron chi connectivity index (χ0n) is 23.2. The summed E-state index contributed by atoms with van der Waals surface area (Å²) in [5, 5.41) is 10.2. The Morgan fingerprint density at radius 2 is 1.85 bits per heavy atom. The van der Waals surface area contributed by atoms with Crippen LogP contribution in [-0.2, 0) is 9.47 Å². The van der Waals surface area contributed by atoms with Crippen LogP contribution in [0, 0.1) is 5.82 Å². The van der Waals surface area contributed by atoms with Crippen LogP contribution in [0.1, 0.15) is 48.0 Å². The zero-order valence-corrected chi connectivity index (χ0v) is 25.5. The maximum Gasteiger partial charge on any atom is 0.413 e. The smallest absolute Gasteiger partial charge is 0.413 e. The van der Waals surface area contributed by atoms with Gasteiger partial charge >= 0.3 is 6.09 Å². The number of amides is 1. The van der Waals surface area contributed by atoms with E-state index in [-0.39, 0.29) is 24.0 Å². The average Bonchev–Trinajstić information content (AvgIpc) is 3.46. The molecule has 2 heterocycles. The summed E-state index contributed by atoms with van der Waals surface area (Å²) in [4.78, 5) is 14.3. The number of ether oxygens (including phenoxy) is 4. The van der Waals surface area contributed by atoms with Gasteiger partial charge < -0.3 is 18.9 Å². The lowest BCUT2D eigenvalue weighted by Crippen LogP contribution is -2.51. The number of carbonyl (C=O) groups excluding carboxylic acids is 1. The highest BCUT2D eigenvalue weighted by molar-refractivity contribution is 7.18. The number of hydrogen-bond acceptors (Lipinski definition) is 8. The summed E-state index contributed by atoms with van der Waals surface area (Å²) in [7, 11) is 0. The van der Waals surface area contributed by atoms with Gasteiger partial charge in [0.05, 0.1) is 29.3 Å². The van der Waals surface area contributed by atoms with Crippen LogP contribution in [0.5, 0.6) is 11.5 Å². The molecule has 216 valence electrons. The van der Waals surface area contributed by atoms with Gasteiger partial charge in [-0.15, -0.1) is 10.2 Å². The van der Waals surface area contributed by atoms with Crippen LogP contribution in [0.4, 0.5) is 9.18 Å². The Balaban J connectivity index is 1.48. The first-order chi connectivity index (χ1) is 18.8. The minimum atomic E-state index is -0.904. The third-order valence-corrected chi connectivity index (χ3v) is 7.53. The molecule has 0 radical (unpaired) electrons. The van der Waals surface area contributed by atoms with Crippen LogP contribution in [0.2, 0.25) is 10.0 Å². The SMILES string of the molecule is CCCOc1ccc(-c2nnc(-c3cc(F)c(OCC4COC(C)(C)N4C(=O)OC(C)(C)C)cc3Cl)s2)cc1Cl. The number of aromatic nitrogens is 2. The van der Waals surface area contributed by atoms with E-state index in [4.69, 9.17) is 42.1 Å². The van der Waals surface area contributed by atoms with Gasteiger partial charge in [0.25, 0.3) is 0 Å². The molecule has 3 aromatic rings. The monoisotopic (exact) mass is 611 g/mol. The van der Waals surface area contributed by atoms with Gasteiger partial charge in [0.2, 0.25) is 0 Å². The van der Waals surface area contributed by atoms with E-state index >= 15 is 4.39 Å². The third-order valence-electron chi connectivity index (χ3n) is 5.91. The lowest BCUT2D eigenvalue weighted by Gasteiger charge is -2.35. The molecule has 1 aliphatic rings. The van der Waals surface area contributed by atoms with E-state index < -0.39 is 29.3 Å². The van der Waals surface area contributed by atoms with Gasteiger partial charge in [0, 0.05) is 17.2 Å². The topological polar surface area (TPSA) is 83.0 Å². The molecule has 12 heteroatoms. The Labute approximate surface area is 247 Å². The average molecular weight is 613 g/mol. The summed E-state index contributed by atoms with van der Waals surface area (Å²) in [5.74, 6) is -0.0833. The lowest BCUT2D eigenvalue weighted by molar-refractivity contribution is -0.0637. The van der Waals surface area contributed by atoms with Gasteiger partial charge in [-0.2, -0.15) is 0 Å². The predicted molar refractivity (Wildman–Crippen MR) is 154 cm³/mol. The molecule has 0 spiro atoms. The molecule has 4 rings (SSSR count). The van der Waals surface area contributed by atoms with E-state index in [2.05, 4.69) is 10.2 Å². The summed E-state index contributed by atoms with van der Waals surface area (Å²) < 4.78 is 37.9. The molecular formula is C28H32Cl2FN3O5S. The maximum absolute atomic E-state index is 15.2. The summed E-state index contributed by atoms with van der Waals surface area (Å²) in [6.07, 6.45) is 0.338. The molecule has 0 saturated carbocycles. The number of benzene rings is 2. The van der Waals surface area contributed by atoms with Crippen LogP contribution < -0.4 is 9.47 Å². The van der Waals surface area contributed by atoms with Crippen molar-refractivity contribution in [2.24, 2.45) is 0 Å². The fraction of sp³-hybridized carbons (Fsp3) is 0.464. The molecule has 0 bridgehead atoms. The van der Waals surface area contributed by atoms with Gasteiger partial charge in [-0.25, -0.2) is 9.18 Å². The zero-order chi connectivity index (χ0) is 29.2. The number of hydrogen-bond donors (Lipinski definition) is 0. The highest BCUT2D eigenvalue weighted by atomic mass is 35.5. The molecule has 1 aliphatic heterocycles. The Bertz CT molecular complexity index is 1380. The van der Waals surface area contributed by atoms with E-state index in [9.17, 15) is 4.79 Å². The number of carbonyl (C=O) groups is 1. The molecule has 0 N–H and O–H groups in total. The first-order valence-corrected chi connectivity index (χ1v) is 14.4. The van der Waals surface area contributed by atoms with Gasteiger partial charge in [-0.1, -0.05) is 41.5 Å². The number of halogens is 3. The van der Waals surface area contributed by atoms with Crippen LogP contribution >= 0.6 is 34.5 Å². The number of nitrogens with zero attached hydrogens (tertiary/aromatic N) is 3. The molecule has 1 unspecified atom stereocenters. The van der Waals surface area contributed by atoms with Gasteiger partial charge in [-0.3, -0.25) is 4.90 Å². The summed E-state index contributed by atoms with van der Waals surface area (Å²) >= 11 is 14.1. The Kier molecular flexibility index (Phi) is 9.14. The minimum Gasteiger partial charge on any atom is -0.492 e. The van der Waals surface area contributed by atoms with Crippen molar-refractivity contribution >= 4 is 40.6 Å². The first-order valence-electron chi connectivity index (χ1n) is 12.8. The van der Waals surface area contributed by atoms with E-state index in [1.807, 2.05) is 13.0 Å². The van der Waals surface area contributed by atoms with Crippen molar-refractivity contribution in [3.8, 4) is 32.6 Å². The van der Waals surface area contributed by atoms with Crippen molar-refractivity contribution in [1.29, 1.82) is 0 Å². The normalized spacial score (nSPS) is 16.7. The summed E-state index contributed by atoms with van der Waals surface area (Å²) in [6.45, 7) is 11.7. The Morgan fingerprint density at radius 3 is 2.52 bits per heavy atom. The molecule has 2 aromatic carbocycles. The predicted octanol–water partition coefficient (Wildman–Crippen LogP) is 7.86. The number of rotatable bonds is 8. The molecule has 1 fully saturated rings. The molecule has 1 aromatic heterocycles. The molecule has 1 atom stereocenters. The molecule has 40 heavy (non-hydrogen) atoms. The molecule has 1 amide bonds. The van der Waals surface area contributed by atoms with Crippen molar-refractivity contribution in [3.63, 3.8) is 0 Å². The highest BCUT2D eigenvalue weighted by Gasteiger charge is 2.46. The molecule has 8 nitrogen and oxygen atoms in total. The fourth-order valence-corrected chi connectivity index (χ4v) is 5.49. The molecular weight excluding hydrogens is 580 g/mol. The maximum atomic E-state index is 15.2. The second kappa shape index (κ2) is 12.1. The van der Waals surface area contributed by atoms with Crippen molar-refractivity contribution in [2.45, 2.75) is 65.3 Å². The van der Waals surface area contributed by atoms with Gasteiger partial charge in [0.15, 0.2) is 11.6 Å². The minimum absolute atomic E-state index is 0.0169. The van der Waals surface area contributed by atoms with Gasteiger partial charge in [0.1, 0.15) is 33.7 Å². The van der Waals surface area contributed by atoms with E-state index in [0.29, 0.717) is 33.0 Å². The second-order valence-corrected chi connectivity index (χ2v) is 12.5. The third kappa shape index (κ3) is 6.97. The van der Waals surface area contributed by atoms with Crippen molar-refractivity contribution in [3.05, 3.63) is 46.2 Å². The van der Waals surface area contributed by atoms with Crippen molar-refractivity contribution in [2.75, 3.05) is 19.8 Å². The van der Waals surface area contributed by atoms with Crippen LogP contribution in [0.15, 0.2) is 30.3 Å². The fourth-order valence-electron chi connectivity index (χ4n) is 4.09. The summed E-state index contributed by atoms with van der Waals surface area (Å²) in [6, 6.07) is 7.55. The van der Waals surface area contributed by atoms with Gasteiger partial charge in [-0.05, 0) is 65.3 Å². The largest absolute Gasteiger partial charge is 0.492 e. The van der Waals surface area contributed by atoms with Crippen molar-refractivity contribution in [1.82, 2.24) is 15.1 Å². The van der Waals surface area contributed by atoms with E-state index in [1.165, 1.54) is 28.4 Å². The summed E-state index contributed by atoms with van der Waals surface area (Å²) in [5.41, 5.74) is -0.450. The Morgan fingerprint density at radius 1 is 1.12 bits per heavy atom. The van der Waals surface area contributed by atoms with Crippen LogP contribution in [0.3, 0.4) is 0 Å². The first kappa shape index (κ1) is 30.3. The van der Waals surface area contributed by atoms with Crippen molar-refractivity contribution < 1.29 is 28.1 Å². The van der Waals surface area contributed by atoms with E-state index in [0.717, 1.165) is 12.0 Å². The van der Waals surface area contributed by atoms with Crippen LogP contribution in [0.25, 0.3) is 21.1 Å².